The summed E-state index contributed by atoms with van der Waals surface area (Å²) in [6.07, 6.45) is 1.01. The van der Waals surface area contributed by atoms with Crippen LogP contribution >= 0.6 is 12.4 Å². The molecule has 1 saturated heterocycles. The summed E-state index contributed by atoms with van der Waals surface area (Å²) in [5.41, 5.74) is 7.74. The van der Waals surface area contributed by atoms with Gasteiger partial charge < -0.3 is 16.0 Å². The second kappa shape index (κ2) is 8.15. The largest absolute Gasteiger partial charge is 0.351 e. The molecule has 0 radical (unpaired) electrons. The number of hydrogen-bond donors (Lipinski definition) is 2. The number of amides is 2. The molecular weight excluding hydrogens is 302 g/mol. The average molecular weight is 326 g/mol. The number of nitrogens with one attached hydrogen (secondary N) is 1. The third-order valence-corrected chi connectivity index (χ3v) is 3.85. The van der Waals surface area contributed by atoms with Gasteiger partial charge in [0.25, 0.3) is 0 Å². The zero-order chi connectivity index (χ0) is 15.4. The van der Waals surface area contributed by atoms with E-state index in [2.05, 4.69) is 5.32 Å². The summed E-state index contributed by atoms with van der Waals surface area (Å²) < 4.78 is 0. The first-order valence-electron chi connectivity index (χ1n) is 7.36. The maximum Gasteiger partial charge on any atom is 0.243 e. The van der Waals surface area contributed by atoms with E-state index in [0.717, 1.165) is 5.56 Å². The SMILES string of the molecule is Cc1ccc(CN2C(=O)CCC2C(=O)N[C@@H](C)CN)cc1.Cl. The van der Waals surface area contributed by atoms with E-state index in [4.69, 9.17) is 5.73 Å². The molecule has 1 aliphatic rings. The number of rotatable bonds is 5. The first kappa shape index (κ1) is 18.5. The molecule has 22 heavy (non-hydrogen) atoms. The van der Waals surface area contributed by atoms with Crippen molar-refractivity contribution in [2.24, 2.45) is 5.73 Å². The van der Waals surface area contributed by atoms with Crippen LogP contribution in [0.4, 0.5) is 0 Å². The van der Waals surface area contributed by atoms with Crippen LogP contribution in [0, 0.1) is 6.92 Å². The Balaban J connectivity index is 0.00000242. The van der Waals surface area contributed by atoms with E-state index < -0.39 is 0 Å². The van der Waals surface area contributed by atoms with Gasteiger partial charge in [0.15, 0.2) is 0 Å². The number of hydrogen-bond acceptors (Lipinski definition) is 3. The Hall–Kier alpha value is -1.59. The Kier molecular flexibility index (Phi) is 6.84. The lowest BCUT2D eigenvalue weighted by molar-refractivity contribution is -0.136. The van der Waals surface area contributed by atoms with E-state index in [1.165, 1.54) is 5.56 Å². The number of nitrogens with zero attached hydrogens (tertiary/aromatic N) is 1. The van der Waals surface area contributed by atoms with E-state index in [9.17, 15) is 9.59 Å². The predicted octanol–water partition coefficient (Wildman–Crippen LogP) is 1.37. The van der Waals surface area contributed by atoms with Crippen LogP contribution in [-0.2, 0) is 16.1 Å². The number of likely N-dealkylation sites (tertiary alicyclic amines) is 1. The molecule has 1 heterocycles. The highest BCUT2D eigenvalue weighted by molar-refractivity contribution is 5.91. The number of halogens is 1. The minimum Gasteiger partial charge on any atom is -0.351 e. The first-order valence-corrected chi connectivity index (χ1v) is 7.36. The van der Waals surface area contributed by atoms with Gasteiger partial charge in [0, 0.05) is 25.6 Å². The molecule has 0 aliphatic carbocycles. The van der Waals surface area contributed by atoms with Gasteiger partial charge in [-0.2, -0.15) is 0 Å². The Morgan fingerprint density at radius 1 is 1.41 bits per heavy atom. The molecule has 1 aliphatic heterocycles. The van der Waals surface area contributed by atoms with Crippen LogP contribution in [-0.4, -0.2) is 35.3 Å². The second-order valence-electron chi connectivity index (χ2n) is 5.71. The molecular formula is C16H24ClN3O2. The van der Waals surface area contributed by atoms with Gasteiger partial charge >= 0.3 is 0 Å². The second-order valence-corrected chi connectivity index (χ2v) is 5.71. The molecule has 1 unspecified atom stereocenters. The van der Waals surface area contributed by atoms with Crippen molar-refractivity contribution in [3.8, 4) is 0 Å². The third-order valence-electron chi connectivity index (χ3n) is 3.85. The minimum absolute atomic E-state index is 0. The molecule has 0 aromatic heterocycles. The Bertz CT molecular complexity index is 519. The van der Waals surface area contributed by atoms with E-state index in [1.54, 1.807) is 4.90 Å². The van der Waals surface area contributed by atoms with Crippen LogP contribution in [0.3, 0.4) is 0 Å². The van der Waals surface area contributed by atoms with Crippen LogP contribution in [0.25, 0.3) is 0 Å². The van der Waals surface area contributed by atoms with Gasteiger partial charge in [0.2, 0.25) is 11.8 Å². The van der Waals surface area contributed by atoms with E-state index in [-0.39, 0.29) is 36.3 Å². The van der Waals surface area contributed by atoms with Crippen LogP contribution in [0.15, 0.2) is 24.3 Å². The number of carbonyl (C=O) groups is 2. The molecule has 2 amide bonds. The smallest absolute Gasteiger partial charge is 0.243 e. The molecule has 0 spiro atoms. The first-order chi connectivity index (χ1) is 10.0. The fourth-order valence-electron chi connectivity index (χ4n) is 2.49. The van der Waals surface area contributed by atoms with Gasteiger partial charge in [-0.05, 0) is 25.8 Å². The molecule has 2 rings (SSSR count). The summed E-state index contributed by atoms with van der Waals surface area (Å²) in [4.78, 5) is 26.0. The quantitative estimate of drug-likeness (QED) is 0.858. The maximum atomic E-state index is 12.3. The normalized spacial score (nSPS) is 18.8. The topological polar surface area (TPSA) is 75.4 Å². The van der Waals surface area contributed by atoms with Gasteiger partial charge in [-0.15, -0.1) is 12.4 Å². The van der Waals surface area contributed by atoms with Gasteiger partial charge in [-0.3, -0.25) is 9.59 Å². The molecule has 122 valence electrons. The van der Waals surface area contributed by atoms with Crippen molar-refractivity contribution in [2.75, 3.05) is 6.54 Å². The number of carbonyl (C=O) groups excluding carboxylic acids is 2. The summed E-state index contributed by atoms with van der Waals surface area (Å²) >= 11 is 0. The molecule has 5 nitrogen and oxygen atoms in total. The van der Waals surface area contributed by atoms with E-state index in [1.807, 2.05) is 38.1 Å². The van der Waals surface area contributed by atoms with Crippen LogP contribution in [0.5, 0.6) is 0 Å². The zero-order valence-electron chi connectivity index (χ0n) is 13.0. The fraction of sp³-hybridized carbons (Fsp3) is 0.500. The Labute approximate surface area is 137 Å². The van der Waals surface area contributed by atoms with Gasteiger partial charge in [-0.1, -0.05) is 29.8 Å². The minimum atomic E-state index is -0.382. The summed E-state index contributed by atoms with van der Waals surface area (Å²) in [5, 5.41) is 2.86. The molecule has 0 saturated carbocycles. The van der Waals surface area contributed by atoms with Crippen molar-refractivity contribution >= 4 is 24.2 Å². The van der Waals surface area contributed by atoms with Gasteiger partial charge in [-0.25, -0.2) is 0 Å². The maximum absolute atomic E-state index is 12.3. The van der Waals surface area contributed by atoms with Crippen molar-refractivity contribution in [3.63, 3.8) is 0 Å². The molecule has 1 aromatic carbocycles. The highest BCUT2D eigenvalue weighted by Gasteiger charge is 2.36. The van der Waals surface area contributed by atoms with Crippen LogP contribution in [0.1, 0.15) is 30.9 Å². The number of aryl methyl sites for hydroxylation is 1. The van der Waals surface area contributed by atoms with Crippen molar-refractivity contribution < 1.29 is 9.59 Å². The van der Waals surface area contributed by atoms with Crippen molar-refractivity contribution in [1.29, 1.82) is 0 Å². The Morgan fingerprint density at radius 3 is 2.64 bits per heavy atom. The van der Waals surface area contributed by atoms with Crippen LogP contribution in [0.2, 0.25) is 0 Å². The molecule has 2 atom stereocenters. The zero-order valence-corrected chi connectivity index (χ0v) is 13.9. The van der Waals surface area contributed by atoms with Crippen molar-refractivity contribution in [1.82, 2.24) is 10.2 Å². The van der Waals surface area contributed by atoms with Crippen molar-refractivity contribution in [2.45, 2.75) is 45.3 Å². The standard InChI is InChI=1S/C16H23N3O2.ClH/c1-11-3-5-13(6-4-11)10-19-14(7-8-15(19)20)16(21)18-12(2)9-17;/h3-6,12,14H,7-10,17H2,1-2H3,(H,18,21);1H/t12-,14?;/m0./s1. The van der Waals surface area contributed by atoms with E-state index >= 15 is 0 Å². The monoisotopic (exact) mass is 325 g/mol. The molecule has 0 bridgehead atoms. The average Bonchev–Trinajstić information content (AvgIpc) is 2.82. The predicted molar refractivity (Wildman–Crippen MR) is 88.7 cm³/mol. The third kappa shape index (κ3) is 4.45. The number of benzene rings is 1. The number of nitrogens with two attached hydrogens (primary N) is 1. The van der Waals surface area contributed by atoms with Crippen molar-refractivity contribution in [3.05, 3.63) is 35.4 Å². The summed E-state index contributed by atoms with van der Waals surface area (Å²) in [6, 6.07) is 7.57. The molecule has 3 N–H and O–H groups in total. The summed E-state index contributed by atoms with van der Waals surface area (Å²) in [7, 11) is 0. The molecule has 1 fully saturated rings. The fourth-order valence-corrected chi connectivity index (χ4v) is 2.49. The highest BCUT2D eigenvalue weighted by Crippen LogP contribution is 2.22. The highest BCUT2D eigenvalue weighted by atomic mass is 35.5. The lowest BCUT2D eigenvalue weighted by atomic mass is 10.1. The summed E-state index contributed by atoms with van der Waals surface area (Å²) in [5.74, 6) is -0.0676. The molecule has 6 heteroatoms. The summed E-state index contributed by atoms with van der Waals surface area (Å²) in [6.45, 7) is 4.76. The lowest BCUT2D eigenvalue weighted by Gasteiger charge is -2.25. The van der Waals surface area contributed by atoms with Crippen LogP contribution < -0.4 is 11.1 Å². The van der Waals surface area contributed by atoms with E-state index in [0.29, 0.717) is 25.9 Å². The lowest BCUT2D eigenvalue weighted by Crippen LogP contribution is -2.48. The van der Waals surface area contributed by atoms with Gasteiger partial charge in [0.1, 0.15) is 6.04 Å². The molecule has 1 aromatic rings. The van der Waals surface area contributed by atoms with Gasteiger partial charge in [0.05, 0.1) is 0 Å². The Morgan fingerprint density at radius 2 is 2.05 bits per heavy atom.